The van der Waals surface area contributed by atoms with Gasteiger partial charge in [0.05, 0.1) is 13.7 Å². The van der Waals surface area contributed by atoms with Crippen LogP contribution in [0, 0.1) is 11.7 Å². The Morgan fingerprint density at radius 3 is 2.44 bits per heavy atom. The maximum absolute atomic E-state index is 13.6. The summed E-state index contributed by atoms with van der Waals surface area (Å²) in [6.45, 7) is 6.09. The predicted octanol–water partition coefficient (Wildman–Crippen LogP) is 2.50. The molecular weight excluding hydrogens is 233 g/mol. The van der Waals surface area contributed by atoms with Crippen molar-refractivity contribution < 1.29 is 14.2 Å². The van der Waals surface area contributed by atoms with Gasteiger partial charge in [0.15, 0.2) is 11.6 Å². The van der Waals surface area contributed by atoms with Gasteiger partial charge in [-0.2, -0.15) is 0 Å². The summed E-state index contributed by atoms with van der Waals surface area (Å²) in [5.41, 5.74) is 0.840. The Kier molecular flexibility index (Phi) is 5.56. The molecule has 0 aliphatic carbocycles. The fraction of sp³-hybridized carbons (Fsp3) is 0.571. The summed E-state index contributed by atoms with van der Waals surface area (Å²) < 4.78 is 18.5. The molecule has 2 unspecified atom stereocenters. The number of nitrogens with one attached hydrogen (secondary N) is 1. The van der Waals surface area contributed by atoms with Crippen molar-refractivity contribution in [2.24, 2.45) is 5.92 Å². The number of methoxy groups -OCH3 is 1. The van der Waals surface area contributed by atoms with Gasteiger partial charge in [0.1, 0.15) is 0 Å². The lowest BCUT2D eigenvalue weighted by Crippen LogP contribution is -2.38. The average Bonchev–Trinajstić information content (AvgIpc) is 2.35. The zero-order chi connectivity index (χ0) is 13.7. The van der Waals surface area contributed by atoms with Crippen molar-refractivity contribution in [2.75, 3.05) is 13.7 Å². The Morgan fingerprint density at radius 1 is 1.33 bits per heavy atom. The van der Waals surface area contributed by atoms with Gasteiger partial charge in [0.2, 0.25) is 0 Å². The summed E-state index contributed by atoms with van der Waals surface area (Å²) in [4.78, 5) is 0. The number of aliphatic hydroxyl groups excluding tert-OH is 1. The predicted molar refractivity (Wildman–Crippen MR) is 70.2 cm³/mol. The van der Waals surface area contributed by atoms with E-state index in [1.807, 2.05) is 26.8 Å². The third-order valence-electron chi connectivity index (χ3n) is 3.14. The summed E-state index contributed by atoms with van der Waals surface area (Å²) in [6, 6.07) is 4.89. The van der Waals surface area contributed by atoms with Gasteiger partial charge in [-0.25, -0.2) is 4.39 Å². The lowest BCUT2D eigenvalue weighted by Gasteiger charge is -2.25. The van der Waals surface area contributed by atoms with Crippen LogP contribution in [0.3, 0.4) is 0 Å². The number of rotatable bonds is 6. The van der Waals surface area contributed by atoms with E-state index in [1.165, 1.54) is 13.2 Å². The van der Waals surface area contributed by atoms with Crippen LogP contribution in [0.15, 0.2) is 18.2 Å². The molecule has 3 nitrogen and oxygen atoms in total. The van der Waals surface area contributed by atoms with Gasteiger partial charge in [-0.3, -0.25) is 0 Å². The highest BCUT2D eigenvalue weighted by molar-refractivity contribution is 5.30. The molecular formula is C14H22FNO2. The van der Waals surface area contributed by atoms with Crippen LogP contribution >= 0.6 is 0 Å². The highest BCUT2D eigenvalue weighted by atomic mass is 19.1. The number of ether oxygens (including phenoxy) is 1. The van der Waals surface area contributed by atoms with Crippen LogP contribution in [0.25, 0.3) is 0 Å². The first-order valence-corrected chi connectivity index (χ1v) is 6.20. The second kappa shape index (κ2) is 6.71. The summed E-state index contributed by atoms with van der Waals surface area (Å²) in [5, 5.41) is 12.6. The standard InChI is InChI=1S/C14H22FNO2/c1-9(2)13(8-17)16-10(3)11-5-6-14(18-4)12(15)7-11/h5-7,9-10,13,16-17H,8H2,1-4H3. The highest BCUT2D eigenvalue weighted by Gasteiger charge is 2.16. The van der Waals surface area contributed by atoms with E-state index in [0.717, 1.165) is 5.56 Å². The second-order valence-corrected chi connectivity index (χ2v) is 4.82. The molecule has 4 heteroatoms. The van der Waals surface area contributed by atoms with Gasteiger partial charge >= 0.3 is 0 Å². The van der Waals surface area contributed by atoms with E-state index in [-0.39, 0.29) is 30.3 Å². The molecule has 1 rings (SSSR count). The lowest BCUT2D eigenvalue weighted by molar-refractivity contribution is 0.201. The molecule has 0 bridgehead atoms. The van der Waals surface area contributed by atoms with Gasteiger partial charge in [-0.15, -0.1) is 0 Å². The van der Waals surface area contributed by atoms with E-state index in [4.69, 9.17) is 4.74 Å². The smallest absolute Gasteiger partial charge is 0.165 e. The van der Waals surface area contributed by atoms with E-state index in [0.29, 0.717) is 5.92 Å². The normalized spacial score (nSPS) is 14.6. The van der Waals surface area contributed by atoms with Gasteiger partial charge in [-0.05, 0) is 30.5 Å². The molecule has 0 spiro atoms. The first-order valence-electron chi connectivity index (χ1n) is 6.20. The molecule has 0 saturated carbocycles. The van der Waals surface area contributed by atoms with Crippen LogP contribution in [0.2, 0.25) is 0 Å². The van der Waals surface area contributed by atoms with Gasteiger partial charge < -0.3 is 15.2 Å². The Morgan fingerprint density at radius 2 is 2.00 bits per heavy atom. The minimum absolute atomic E-state index is 0.00478. The van der Waals surface area contributed by atoms with Crippen LogP contribution in [0.1, 0.15) is 32.4 Å². The molecule has 18 heavy (non-hydrogen) atoms. The Bertz CT molecular complexity index is 382. The largest absolute Gasteiger partial charge is 0.494 e. The molecule has 0 aliphatic rings. The van der Waals surface area contributed by atoms with E-state index in [9.17, 15) is 9.50 Å². The molecule has 0 heterocycles. The summed E-state index contributed by atoms with van der Waals surface area (Å²) in [7, 11) is 1.44. The summed E-state index contributed by atoms with van der Waals surface area (Å²) >= 11 is 0. The molecule has 0 saturated heterocycles. The van der Waals surface area contributed by atoms with Crippen LogP contribution in [-0.2, 0) is 0 Å². The van der Waals surface area contributed by atoms with E-state index < -0.39 is 0 Å². The minimum atomic E-state index is -0.367. The number of halogens is 1. The van der Waals surface area contributed by atoms with Crippen LogP contribution in [0.5, 0.6) is 5.75 Å². The fourth-order valence-corrected chi connectivity index (χ4v) is 1.83. The zero-order valence-corrected chi connectivity index (χ0v) is 11.4. The Balaban J connectivity index is 2.77. The number of benzene rings is 1. The van der Waals surface area contributed by atoms with Gasteiger partial charge in [-0.1, -0.05) is 19.9 Å². The first kappa shape index (κ1) is 14.9. The molecule has 1 aromatic carbocycles. The maximum Gasteiger partial charge on any atom is 0.165 e. The lowest BCUT2D eigenvalue weighted by atomic mass is 10.0. The zero-order valence-electron chi connectivity index (χ0n) is 11.4. The van der Waals surface area contributed by atoms with Crippen molar-refractivity contribution in [3.8, 4) is 5.75 Å². The fourth-order valence-electron chi connectivity index (χ4n) is 1.83. The molecule has 0 aliphatic heterocycles. The molecule has 1 aromatic rings. The third-order valence-corrected chi connectivity index (χ3v) is 3.14. The molecule has 0 amide bonds. The summed E-state index contributed by atoms with van der Waals surface area (Å²) in [6.07, 6.45) is 0. The second-order valence-electron chi connectivity index (χ2n) is 4.82. The van der Waals surface area contributed by atoms with E-state index in [1.54, 1.807) is 6.07 Å². The molecule has 0 radical (unpaired) electrons. The van der Waals surface area contributed by atoms with Crippen LogP contribution in [-0.4, -0.2) is 24.9 Å². The molecule has 0 fully saturated rings. The van der Waals surface area contributed by atoms with Gasteiger partial charge in [0.25, 0.3) is 0 Å². The van der Waals surface area contributed by atoms with E-state index in [2.05, 4.69) is 5.32 Å². The average molecular weight is 255 g/mol. The quantitative estimate of drug-likeness (QED) is 0.820. The Labute approximate surface area is 108 Å². The van der Waals surface area contributed by atoms with Gasteiger partial charge in [0, 0.05) is 12.1 Å². The SMILES string of the molecule is COc1ccc(C(C)NC(CO)C(C)C)cc1F. The number of hydrogen-bond donors (Lipinski definition) is 2. The van der Waals surface area contributed by atoms with Crippen LogP contribution in [0.4, 0.5) is 4.39 Å². The van der Waals surface area contributed by atoms with Crippen molar-refractivity contribution in [2.45, 2.75) is 32.9 Å². The molecule has 2 N–H and O–H groups in total. The molecule has 2 atom stereocenters. The maximum atomic E-state index is 13.6. The highest BCUT2D eigenvalue weighted by Crippen LogP contribution is 2.22. The number of hydrogen-bond acceptors (Lipinski definition) is 3. The third kappa shape index (κ3) is 3.68. The van der Waals surface area contributed by atoms with Crippen molar-refractivity contribution in [1.29, 1.82) is 0 Å². The molecule has 0 aromatic heterocycles. The molecule has 102 valence electrons. The van der Waals surface area contributed by atoms with Crippen LogP contribution < -0.4 is 10.1 Å². The Hall–Kier alpha value is -1.13. The minimum Gasteiger partial charge on any atom is -0.494 e. The topological polar surface area (TPSA) is 41.5 Å². The first-order chi connectivity index (χ1) is 8.49. The van der Waals surface area contributed by atoms with Crippen molar-refractivity contribution in [3.63, 3.8) is 0 Å². The number of aliphatic hydroxyl groups is 1. The van der Waals surface area contributed by atoms with Crippen molar-refractivity contribution in [1.82, 2.24) is 5.32 Å². The van der Waals surface area contributed by atoms with E-state index >= 15 is 0 Å². The van der Waals surface area contributed by atoms with Crippen molar-refractivity contribution >= 4 is 0 Å². The van der Waals surface area contributed by atoms with Crippen molar-refractivity contribution in [3.05, 3.63) is 29.6 Å². The summed E-state index contributed by atoms with van der Waals surface area (Å²) in [5.74, 6) is 0.197. The monoisotopic (exact) mass is 255 g/mol.